The second kappa shape index (κ2) is 3.66. The highest BCUT2D eigenvalue weighted by atomic mass is 32.2. The lowest BCUT2D eigenvalue weighted by molar-refractivity contribution is 0.0171. The summed E-state index contributed by atoms with van der Waals surface area (Å²) >= 11 is 0. The molecule has 0 aromatic carbocycles. The van der Waals surface area contributed by atoms with Crippen LogP contribution in [0.2, 0.25) is 0 Å². The lowest BCUT2D eigenvalue weighted by atomic mass is 9.73. The zero-order valence-electron chi connectivity index (χ0n) is 8.38. The van der Waals surface area contributed by atoms with Crippen LogP contribution in [0, 0.1) is 11.3 Å². The number of hydrogen-bond donors (Lipinski definition) is 1. The summed E-state index contributed by atoms with van der Waals surface area (Å²) in [6.45, 7) is 0.856. The Kier molecular flexibility index (Phi) is 2.75. The molecule has 0 aromatic rings. The van der Waals surface area contributed by atoms with Crippen molar-refractivity contribution < 1.29 is 17.2 Å². The average molecular weight is 239 g/mol. The van der Waals surface area contributed by atoms with E-state index in [1.165, 1.54) is 0 Å². The first-order valence-electron chi connectivity index (χ1n) is 5.15. The molecule has 0 aliphatic carbocycles. The van der Waals surface area contributed by atoms with Crippen LogP contribution in [0.4, 0.5) is 8.78 Å². The molecule has 1 unspecified atom stereocenters. The van der Waals surface area contributed by atoms with Gasteiger partial charge >= 0.3 is 0 Å². The van der Waals surface area contributed by atoms with Gasteiger partial charge in [0.15, 0.2) is 0 Å². The van der Waals surface area contributed by atoms with E-state index in [0.717, 1.165) is 0 Å². The first-order valence-corrected chi connectivity index (χ1v) is 6.97. The molecular weight excluding hydrogens is 224 g/mol. The van der Waals surface area contributed by atoms with Gasteiger partial charge in [-0.3, -0.25) is 0 Å². The molecule has 0 bridgehead atoms. The lowest BCUT2D eigenvalue weighted by Gasteiger charge is -2.37. The van der Waals surface area contributed by atoms with E-state index in [2.05, 4.69) is 5.32 Å². The molecule has 0 amide bonds. The van der Waals surface area contributed by atoms with Crippen molar-refractivity contribution in [3.63, 3.8) is 0 Å². The number of nitrogens with one attached hydrogen (secondary N) is 1. The molecule has 1 spiro atoms. The van der Waals surface area contributed by atoms with E-state index in [0.29, 0.717) is 25.9 Å². The third-order valence-corrected chi connectivity index (χ3v) is 5.41. The summed E-state index contributed by atoms with van der Waals surface area (Å²) in [5.74, 6) is -0.538. The molecule has 2 rings (SSSR count). The van der Waals surface area contributed by atoms with Gasteiger partial charge in [-0.2, -0.15) is 0 Å². The smallest absolute Gasteiger partial charge is 0.243 e. The van der Waals surface area contributed by atoms with E-state index in [9.17, 15) is 17.2 Å². The maximum atomic E-state index is 12.8. The van der Waals surface area contributed by atoms with Gasteiger partial charge in [0.2, 0.25) is 6.43 Å². The van der Waals surface area contributed by atoms with Gasteiger partial charge < -0.3 is 5.32 Å². The molecule has 2 aliphatic heterocycles. The van der Waals surface area contributed by atoms with Crippen LogP contribution in [0.1, 0.15) is 12.8 Å². The Labute approximate surface area is 88.2 Å². The molecule has 88 valence electrons. The standard InChI is InChI=1S/C9H15F2NO2S/c10-8(11)7-5-12-6-9(7)1-3-15(13,14)4-2-9/h7-8,12H,1-6H2. The fourth-order valence-corrected chi connectivity index (χ4v) is 4.31. The molecule has 2 aliphatic rings. The summed E-state index contributed by atoms with van der Waals surface area (Å²) in [6, 6.07) is 0. The van der Waals surface area contributed by atoms with Gasteiger partial charge in [0, 0.05) is 19.0 Å². The van der Waals surface area contributed by atoms with Crippen LogP contribution in [0.3, 0.4) is 0 Å². The second-order valence-corrected chi connectivity index (χ2v) is 6.89. The van der Waals surface area contributed by atoms with Crippen molar-refractivity contribution in [3.8, 4) is 0 Å². The Hall–Kier alpha value is -0.230. The van der Waals surface area contributed by atoms with Crippen LogP contribution in [-0.4, -0.2) is 39.4 Å². The highest BCUT2D eigenvalue weighted by molar-refractivity contribution is 7.91. The molecule has 2 saturated heterocycles. The minimum atomic E-state index is -2.97. The quantitative estimate of drug-likeness (QED) is 0.731. The predicted octanol–water partition coefficient (Wildman–Crippen LogP) is 0.666. The monoisotopic (exact) mass is 239 g/mol. The van der Waals surface area contributed by atoms with Crippen molar-refractivity contribution in [3.05, 3.63) is 0 Å². The minimum absolute atomic E-state index is 0.0674. The van der Waals surface area contributed by atoms with Crippen LogP contribution in [0.25, 0.3) is 0 Å². The first kappa shape index (κ1) is 11.3. The third-order valence-electron chi connectivity index (χ3n) is 3.75. The fourth-order valence-electron chi connectivity index (χ4n) is 2.67. The highest BCUT2D eigenvalue weighted by Gasteiger charge is 2.49. The van der Waals surface area contributed by atoms with Gasteiger partial charge in [-0.25, -0.2) is 17.2 Å². The molecular formula is C9H15F2NO2S. The van der Waals surface area contributed by atoms with Crippen LogP contribution >= 0.6 is 0 Å². The number of rotatable bonds is 1. The fraction of sp³-hybridized carbons (Fsp3) is 1.00. The van der Waals surface area contributed by atoms with Crippen LogP contribution in [0.15, 0.2) is 0 Å². The first-order chi connectivity index (χ1) is 6.95. The number of hydrogen-bond acceptors (Lipinski definition) is 3. The van der Waals surface area contributed by atoms with Crippen LogP contribution in [0.5, 0.6) is 0 Å². The largest absolute Gasteiger partial charge is 0.316 e. The molecule has 2 fully saturated rings. The van der Waals surface area contributed by atoms with Crippen molar-refractivity contribution in [1.82, 2.24) is 5.32 Å². The molecule has 15 heavy (non-hydrogen) atoms. The molecule has 0 aromatic heterocycles. The second-order valence-electron chi connectivity index (χ2n) is 4.59. The predicted molar refractivity (Wildman–Crippen MR) is 52.7 cm³/mol. The maximum Gasteiger partial charge on any atom is 0.243 e. The van der Waals surface area contributed by atoms with Crippen LogP contribution < -0.4 is 5.32 Å². The van der Waals surface area contributed by atoms with Gasteiger partial charge in [-0.1, -0.05) is 0 Å². The Bertz CT molecular complexity index is 328. The molecule has 2 heterocycles. The Morgan fingerprint density at radius 2 is 1.87 bits per heavy atom. The SMILES string of the molecule is O=S1(=O)CCC2(CC1)CNCC2C(F)F. The molecule has 6 heteroatoms. The molecule has 1 atom stereocenters. The third kappa shape index (κ3) is 2.01. The topological polar surface area (TPSA) is 46.2 Å². The van der Waals surface area contributed by atoms with E-state index in [-0.39, 0.29) is 11.5 Å². The normalized spacial score (nSPS) is 33.7. The molecule has 1 N–H and O–H groups in total. The summed E-state index contributed by atoms with van der Waals surface area (Å²) in [7, 11) is -2.97. The number of halogens is 2. The Morgan fingerprint density at radius 3 is 2.40 bits per heavy atom. The van der Waals surface area contributed by atoms with Crippen molar-refractivity contribution >= 4 is 9.84 Å². The lowest BCUT2D eigenvalue weighted by Crippen LogP contribution is -2.41. The van der Waals surface area contributed by atoms with E-state index >= 15 is 0 Å². The minimum Gasteiger partial charge on any atom is -0.316 e. The Balaban J connectivity index is 2.14. The number of sulfone groups is 1. The van der Waals surface area contributed by atoms with Crippen molar-refractivity contribution in [2.45, 2.75) is 19.3 Å². The van der Waals surface area contributed by atoms with Gasteiger partial charge in [-0.15, -0.1) is 0 Å². The highest BCUT2D eigenvalue weighted by Crippen LogP contribution is 2.44. The van der Waals surface area contributed by atoms with Crippen LogP contribution in [-0.2, 0) is 9.84 Å². The molecule has 0 radical (unpaired) electrons. The van der Waals surface area contributed by atoms with E-state index in [1.54, 1.807) is 0 Å². The maximum absolute atomic E-state index is 12.8. The van der Waals surface area contributed by atoms with Crippen molar-refractivity contribution in [1.29, 1.82) is 0 Å². The van der Waals surface area contributed by atoms with Crippen molar-refractivity contribution in [2.75, 3.05) is 24.6 Å². The molecule has 0 saturated carbocycles. The summed E-state index contributed by atoms with van der Waals surface area (Å²) in [6.07, 6.45) is -1.57. The van der Waals surface area contributed by atoms with Crippen molar-refractivity contribution in [2.24, 2.45) is 11.3 Å². The average Bonchev–Trinajstić information content (AvgIpc) is 2.55. The van der Waals surface area contributed by atoms with Gasteiger partial charge in [0.05, 0.1) is 11.5 Å². The van der Waals surface area contributed by atoms with E-state index in [4.69, 9.17) is 0 Å². The number of alkyl halides is 2. The van der Waals surface area contributed by atoms with E-state index in [1.807, 2.05) is 0 Å². The zero-order valence-corrected chi connectivity index (χ0v) is 9.19. The summed E-state index contributed by atoms with van der Waals surface area (Å²) in [4.78, 5) is 0. The van der Waals surface area contributed by atoms with E-state index < -0.39 is 27.6 Å². The summed E-state index contributed by atoms with van der Waals surface area (Å²) in [5.41, 5.74) is -0.473. The zero-order chi connectivity index (χ0) is 11.1. The summed E-state index contributed by atoms with van der Waals surface area (Å²) < 4.78 is 48.1. The van der Waals surface area contributed by atoms with Gasteiger partial charge in [0.1, 0.15) is 9.84 Å². The summed E-state index contributed by atoms with van der Waals surface area (Å²) in [5, 5.41) is 2.97. The molecule has 3 nitrogen and oxygen atoms in total. The Morgan fingerprint density at radius 1 is 1.27 bits per heavy atom. The van der Waals surface area contributed by atoms with Gasteiger partial charge in [-0.05, 0) is 18.3 Å². The van der Waals surface area contributed by atoms with Gasteiger partial charge in [0.25, 0.3) is 0 Å².